The molecule has 0 atom stereocenters. The zero-order chi connectivity index (χ0) is 13.1. The van der Waals surface area contributed by atoms with E-state index in [0.717, 1.165) is 17.0 Å². The van der Waals surface area contributed by atoms with Crippen LogP contribution in [0.5, 0.6) is 0 Å². The second-order valence-corrected chi connectivity index (χ2v) is 3.95. The van der Waals surface area contributed by atoms with Crippen LogP contribution in [0, 0.1) is 18.3 Å². The van der Waals surface area contributed by atoms with E-state index in [4.69, 9.17) is 11.0 Å². The van der Waals surface area contributed by atoms with E-state index >= 15 is 0 Å². The summed E-state index contributed by atoms with van der Waals surface area (Å²) in [7, 11) is 0. The molecule has 0 aliphatic rings. The lowest BCUT2D eigenvalue weighted by Gasteiger charge is -2.06. The van der Waals surface area contributed by atoms with Gasteiger partial charge in [-0.05, 0) is 31.2 Å². The number of nitrogen functional groups attached to an aromatic ring is 1. The fourth-order valence-corrected chi connectivity index (χ4v) is 1.59. The number of hydrogen-bond donors (Lipinski definition) is 1. The molecule has 88 valence electrons. The van der Waals surface area contributed by atoms with E-state index in [-0.39, 0.29) is 0 Å². The maximum atomic E-state index is 8.88. The van der Waals surface area contributed by atoms with Crippen LogP contribution in [0.4, 0.5) is 5.69 Å². The molecule has 0 amide bonds. The Bertz CT molecular complexity index is 636. The Morgan fingerprint density at radius 1 is 1.28 bits per heavy atom. The van der Waals surface area contributed by atoms with Gasteiger partial charge in [-0.15, -0.1) is 0 Å². The number of rotatable bonds is 2. The van der Waals surface area contributed by atoms with Gasteiger partial charge in [0.15, 0.2) is 0 Å². The van der Waals surface area contributed by atoms with Crippen LogP contribution in [0.1, 0.15) is 11.3 Å². The Hall–Kier alpha value is -2.67. The second kappa shape index (κ2) is 4.68. The number of nitriles is 1. The summed E-state index contributed by atoms with van der Waals surface area (Å²) in [6.07, 6.45) is 0. The van der Waals surface area contributed by atoms with E-state index in [2.05, 4.69) is 16.8 Å². The van der Waals surface area contributed by atoms with Crippen LogP contribution in [-0.2, 0) is 0 Å². The van der Waals surface area contributed by atoms with Crippen molar-refractivity contribution in [3.63, 3.8) is 0 Å². The molecule has 0 unspecified atom stereocenters. The van der Waals surface area contributed by atoms with E-state index in [1.54, 1.807) is 12.1 Å². The minimum Gasteiger partial charge on any atom is -0.398 e. The van der Waals surface area contributed by atoms with Gasteiger partial charge < -0.3 is 5.73 Å². The van der Waals surface area contributed by atoms with Crippen molar-refractivity contribution in [2.75, 3.05) is 5.73 Å². The SMILES string of the molecule is C=C(C#N)c1cc(-c2ccc(C)nn2)ccc1N. The Morgan fingerprint density at radius 3 is 2.67 bits per heavy atom. The Morgan fingerprint density at radius 2 is 2.06 bits per heavy atom. The fraction of sp³-hybridized carbons (Fsp3) is 0.0714. The highest BCUT2D eigenvalue weighted by atomic mass is 15.1. The highest BCUT2D eigenvalue weighted by molar-refractivity contribution is 5.84. The summed E-state index contributed by atoms with van der Waals surface area (Å²) in [5.74, 6) is 0. The maximum Gasteiger partial charge on any atom is 0.0992 e. The number of benzene rings is 1. The topological polar surface area (TPSA) is 75.6 Å². The average molecular weight is 236 g/mol. The third-order valence-corrected chi connectivity index (χ3v) is 2.61. The first-order valence-electron chi connectivity index (χ1n) is 5.41. The largest absolute Gasteiger partial charge is 0.398 e. The van der Waals surface area contributed by atoms with E-state index in [1.165, 1.54) is 0 Å². The van der Waals surface area contributed by atoms with Crippen LogP contribution < -0.4 is 5.73 Å². The number of allylic oxidation sites excluding steroid dienone is 1. The molecule has 1 aromatic carbocycles. The van der Waals surface area contributed by atoms with Gasteiger partial charge in [-0.3, -0.25) is 0 Å². The van der Waals surface area contributed by atoms with E-state index in [9.17, 15) is 0 Å². The Labute approximate surface area is 105 Å². The van der Waals surface area contributed by atoms with Gasteiger partial charge in [-0.1, -0.05) is 12.6 Å². The van der Waals surface area contributed by atoms with E-state index in [1.807, 2.05) is 31.2 Å². The number of aromatic nitrogens is 2. The summed E-state index contributed by atoms with van der Waals surface area (Å²) in [6.45, 7) is 5.55. The molecule has 4 nitrogen and oxygen atoms in total. The van der Waals surface area contributed by atoms with E-state index in [0.29, 0.717) is 16.8 Å². The van der Waals surface area contributed by atoms with Crippen molar-refractivity contribution in [2.45, 2.75) is 6.92 Å². The molecule has 1 aromatic heterocycles. The Kier molecular flexibility index (Phi) is 3.07. The first kappa shape index (κ1) is 11.8. The number of nitrogens with zero attached hydrogens (tertiary/aromatic N) is 3. The van der Waals surface area contributed by atoms with Crippen molar-refractivity contribution < 1.29 is 0 Å². The van der Waals surface area contributed by atoms with Crippen molar-refractivity contribution in [1.29, 1.82) is 5.26 Å². The number of hydrogen-bond acceptors (Lipinski definition) is 4. The number of anilines is 1. The van der Waals surface area contributed by atoms with Crippen LogP contribution in [0.15, 0.2) is 36.9 Å². The molecule has 0 aliphatic heterocycles. The van der Waals surface area contributed by atoms with E-state index < -0.39 is 0 Å². The van der Waals surface area contributed by atoms with Gasteiger partial charge in [0.25, 0.3) is 0 Å². The van der Waals surface area contributed by atoms with Gasteiger partial charge in [-0.2, -0.15) is 15.5 Å². The van der Waals surface area contributed by atoms with Crippen molar-refractivity contribution in [3.05, 3.63) is 48.2 Å². The van der Waals surface area contributed by atoms with Crippen LogP contribution in [-0.4, -0.2) is 10.2 Å². The third kappa shape index (κ3) is 2.20. The normalized spacial score (nSPS) is 9.78. The molecule has 4 heteroatoms. The highest BCUT2D eigenvalue weighted by Crippen LogP contribution is 2.26. The van der Waals surface area contributed by atoms with Crippen LogP contribution in [0.2, 0.25) is 0 Å². The molecule has 18 heavy (non-hydrogen) atoms. The smallest absolute Gasteiger partial charge is 0.0992 e. The maximum absolute atomic E-state index is 8.88. The predicted molar refractivity (Wildman–Crippen MR) is 71.3 cm³/mol. The summed E-state index contributed by atoms with van der Waals surface area (Å²) >= 11 is 0. The van der Waals surface area contributed by atoms with Gasteiger partial charge >= 0.3 is 0 Å². The van der Waals surface area contributed by atoms with Crippen molar-refractivity contribution in [2.24, 2.45) is 0 Å². The lowest BCUT2D eigenvalue weighted by atomic mass is 10.0. The molecule has 0 radical (unpaired) electrons. The molecule has 0 saturated heterocycles. The first-order chi connectivity index (χ1) is 8.61. The summed E-state index contributed by atoms with van der Waals surface area (Å²) < 4.78 is 0. The molecule has 0 aliphatic carbocycles. The monoisotopic (exact) mass is 236 g/mol. The minimum atomic E-state index is 0.342. The summed E-state index contributed by atoms with van der Waals surface area (Å²) in [5, 5.41) is 17.0. The lowest BCUT2D eigenvalue weighted by molar-refractivity contribution is 0.987. The number of aryl methyl sites for hydroxylation is 1. The van der Waals surface area contributed by atoms with Crippen LogP contribution in [0.3, 0.4) is 0 Å². The third-order valence-electron chi connectivity index (χ3n) is 2.61. The average Bonchev–Trinajstić information content (AvgIpc) is 2.39. The fourth-order valence-electron chi connectivity index (χ4n) is 1.59. The first-order valence-corrected chi connectivity index (χ1v) is 5.41. The zero-order valence-electron chi connectivity index (χ0n) is 10.0. The standard InChI is InChI=1S/C14H12N4/c1-9(8-15)12-7-11(4-5-13(12)16)14-6-3-10(2)17-18-14/h3-7H,1,16H2,2H3. The van der Waals surface area contributed by atoms with Gasteiger partial charge in [-0.25, -0.2) is 0 Å². The van der Waals surface area contributed by atoms with Crippen molar-refractivity contribution >= 4 is 11.3 Å². The molecule has 0 bridgehead atoms. The van der Waals surface area contributed by atoms with Crippen molar-refractivity contribution in [1.82, 2.24) is 10.2 Å². The zero-order valence-corrected chi connectivity index (χ0v) is 10.0. The van der Waals surface area contributed by atoms with Gasteiger partial charge in [0.1, 0.15) is 0 Å². The lowest BCUT2D eigenvalue weighted by Crippen LogP contribution is -1.95. The quantitative estimate of drug-likeness (QED) is 0.642. The highest BCUT2D eigenvalue weighted by Gasteiger charge is 2.07. The number of nitrogens with two attached hydrogens (primary N) is 1. The van der Waals surface area contributed by atoms with Gasteiger partial charge in [0, 0.05) is 16.8 Å². The molecule has 1 heterocycles. The van der Waals surface area contributed by atoms with Gasteiger partial charge in [0.05, 0.1) is 23.0 Å². The van der Waals surface area contributed by atoms with Gasteiger partial charge in [0.2, 0.25) is 0 Å². The molecular weight excluding hydrogens is 224 g/mol. The van der Waals surface area contributed by atoms with Crippen LogP contribution in [0.25, 0.3) is 16.8 Å². The predicted octanol–water partition coefficient (Wildman–Crippen LogP) is 2.57. The summed E-state index contributed by atoms with van der Waals surface area (Å²) in [5.41, 5.74) is 9.80. The summed E-state index contributed by atoms with van der Waals surface area (Å²) in [4.78, 5) is 0. The molecule has 0 fully saturated rings. The second-order valence-electron chi connectivity index (χ2n) is 3.95. The molecule has 0 spiro atoms. The van der Waals surface area contributed by atoms with Crippen LogP contribution >= 0.6 is 0 Å². The molecule has 2 rings (SSSR count). The molecule has 2 N–H and O–H groups in total. The summed E-state index contributed by atoms with van der Waals surface area (Å²) in [6, 6.07) is 11.2. The minimum absolute atomic E-state index is 0.342. The molecule has 2 aromatic rings. The van der Waals surface area contributed by atoms with Crippen molar-refractivity contribution in [3.8, 4) is 17.3 Å². The molecule has 0 saturated carbocycles. The molecular formula is C14H12N4. The Balaban J connectivity index is 2.51.